The third kappa shape index (κ3) is 2.79. The van der Waals surface area contributed by atoms with Crippen LogP contribution in [0.3, 0.4) is 0 Å². The highest BCUT2D eigenvalue weighted by Crippen LogP contribution is 2.28. The number of anilines is 1. The standard InChI is InChI=1S/C17H15FN2O/c1-11-8-17(14-9-13(19)6-7-16(14)20-11)21-10-12-4-2-3-5-15(12)18/h2-9H,10,19H2,1H3. The summed E-state index contributed by atoms with van der Waals surface area (Å²) in [6.07, 6.45) is 0. The summed E-state index contributed by atoms with van der Waals surface area (Å²) < 4.78 is 19.4. The van der Waals surface area contributed by atoms with E-state index in [1.807, 2.05) is 25.1 Å². The molecule has 0 aliphatic heterocycles. The van der Waals surface area contributed by atoms with Crippen molar-refractivity contribution >= 4 is 16.6 Å². The maximum atomic E-state index is 13.6. The Bertz CT molecular complexity index is 802. The molecule has 0 atom stereocenters. The highest BCUT2D eigenvalue weighted by Gasteiger charge is 2.08. The molecule has 0 spiro atoms. The molecule has 0 bridgehead atoms. The van der Waals surface area contributed by atoms with Crippen LogP contribution in [0.25, 0.3) is 10.9 Å². The number of pyridine rings is 1. The molecule has 0 fully saturated rings. The highest BCUT2D eigenvalue weighted by atomic mass is 19.1. The minimum Gasteiger partial charge on any atom is -0.488 e. The van der Waals surface area contributed by atoms with E-state index in [1.54, 1.807) is 24.3 Å². The summed E-state index contributed by atoms with van der Waals surface area (Å²) in [7, 11) is 0. The fourth-order valence-corrected chi connectivity index (χ4v) is 2.23. The first kappa shape index (κ1) is 13.4. The van der Waals surface area contributed by atoms with Crippen LogP contribution in [0.5, 0.6) is 5.75 Å². The SMILES string of the molecule is Cc1cc(OCc2ccccc2F)c2cc(N)ccc2n1. The smallest absolute Gasteiger partial charge is 0.131 e. The lowest BCUT2D eigenvalue weighted by atomic mass is 10.1. The average Bonchev–Trinajstić information content (AvgIpc) is 2.47. The van der Waals surface area contributed by atoms with Crippen LogP contribution in [0.15, 0.2) is 48.5 Å². The van der Waals surface area contributed by atoms with Crippen LogP contribution in [0, 0.1) is 12.7 Å². The molecule has 1 aromatic heterocycles. The summed E-state index contributed by atoms with van der Waals surface area (Å²) in [6, 6.07) is 13.9. The maximum Gasteiger partial charge on any atom is 0.131 e. The monoisotopic (exact) mass is 282 g/mol. The van der Waals surface area contributed by atoms with E-state index in [0.29, 0.717) is 17.0 Å². The second-order valence-electron chi connectivity index (χ2n) is 4.92. The summed E-state index contributed by atoms with van der Waals surface area (Å²) in [6.45, 7) is 2.06. The van der Waals surface area contributed by atoms with Crippen molar-refractivity contribution in [3.63, 3.8) is 0 Å². The first-order valence-electron chi connectivity index (χ1n) is 6.66. The van der Waals surface area contributed by atoms with Gasteiger partial charge in [-0.05, 0) is 31.2 Å². The second-order valence-corrected chi connectivity index (χ2v) is 4.92. The van der Waals surface area contributed by atoms with Gasteiger partial charge in [0.1, 0.15) is 18.2 Å². The number of fused-ring (bicyclic) bond motifs is 1. The Kier molecular flexibility index (Phi) is 3.44. The molecule has 0 aliphatic rings. The first-order valence-corrected chi connectivity index (χ1v) is 6.66. The molecular formula is C17H15FN2O. The number of benzene rings is 2. The van der Waals surface area contributed by atoms with E-state index in [0.717, 1.165) is 16.6 Å². The lowest BCUT2D eigenvalue weighted by Crippen LogP contribution is -2.00. The molecule has 0 saturated carbocycles. The van der Waals surface area contributed by atoms with Crippen LogP contribution in [0.2, 0.25) is 0 Å². The number of nitrogens with two attached hydrogens (primary N) is 1. The summed E-state index contributed by atoms with van der Waals surface area (Å²) in [5.41, 5.74) is 8.64. The molecule has 106 valence electrons. The summed E-state index contributed by atoms with van der Waals surface area (Å²) in [5.74, 6) is 0.389. The van der Waals surface area contributed by atoms with Gasteiger partial charge in [-0.25, -0.2) is 4.39 Å². The van der Waals surface area contributed by atoms with Crippen molar-refractivity contribution in [3.05, 3.63) is 65.6 Å². The fraction of sp³-hybridized carbons (Fsp3) is 0.118. The molecule has 0 saturated heterocycles. The predicted molar refractivity (Wildman–Crippen MR) is 81.6 cm³/mol. The molecule has 0 radical (unpaired) electrons. The zero-order valence-electron chi connectivity index (χ0n) is 11.6. The Morgan fingerprint density at radius 1 is 1.14 bits per heavy atom. The molecule has 0 amide bonds. The van der Waals surface area contributed by atoms with Crippen LogP contribution in [-0.2, 0) is 6.61 Å². The van der Waals surface area contributed by atoms with E-state index >= 15 is 0 Å². The molecule has 3 aromatic rings. The van der Waals surface area contributed by atoms with Crippen LogP contribution in [-0.4, -0.2) is 4.98 Å². The third-order valence-corrected chi connectivity index (χ3v) is 3.26. The van der Waals surface area contributed by atoms with Crippen molar-refractivity contribution in [1.29, 1.82) is 0 Å². The number of nitrogens with zero attached hydrogens (tertiary/aromatic N) is 1. The van der Waals surface area contributed by atoms with Gasteiger partial charge in [-0.1, -0.05) is 18.2 Å². The van der Waals surface area contributed by atoms with Crippen LogP contribution in [0.1, 0.15) is 11.3 Å². The van der Waals surface area contributed by atoms with Crippen molar-refractivity contribution in [3.8, 4) is 5.75 Å². The quantitative estimate of drug-likeness (QED) is 0.742. The molecule has 0 unspecified atom stereocenters. The van der Waals surface area contributed by atoms with Crippen LogP contribution < -0.4 is 10.5 Å². The number of halogens is 1. The number of hydrogen-bond acceptors (Lipinski definition) is 3. The topological polar surface area (TPSA) is 48.1 Å². The number of aryl methyl sites for hydroxylation is 1. The van der Waals surface area contributed by atoms with Crippen LogP contribution >= 0.6 is 0 Å². The van der Waals surface area contributed by atoms with E-state index in [1.165, 1.54) is 6.07 Å². The van der Waals surface area contributed by atoms with Crippen LogP contribution in [0.4, 0.5) is 10.1 Å². The molecular weight excluding hydrogens is 267 g/mol. The van der Waals surface area contributed by atoms with E-state index in [2.05, 4.69) is 4.98 Å². The third-order valence-electron chi connectivity index (χ3n) is 3.26. The normalized spacial score (nSPS) is 10.8. The number of rotatable bonds is 3. The highest BCUT2D eigenvalue weighted by molar-refractivity contribution is 5.87. The van der Waals surface area contributed by atoms with Gasteiger partial charge in [-0.3, -0.25) is 4.98 Å². The number of ether oxygens (including phenoxy) is 1. The molecule has 4 heteroatoms. The Balaban J connectivity index is 1.96. The lowest BCUT2D eigenvalue weighted by molar-refractivity contribution is 0.303. The van der Waals surface area contributed by atoms with Crippen molar-refractivity contribution in [2.45, 2.75) is 13.5 Å². The Morgan fingerprint density at radius 2 is 1.95 bits per heavy atom. The lowest BCUT2D eigenvalue weighted by Gasteiger charge is -2.11. The summed E-state index contributed by atoms with van der Waals surface area (Å²) >= 11 is 0. The fourth-order valence-electron chi connectivity index (χ4n) is 2.23. The number of hydrogen-bond donors (Lipinski definition) is 1. The van der Waals surface area contributed by atoms with E-state index < -0.39 is 0 Å². The van der Waals surface area contributed by atoms with Crippen molar-refractivity contribution in [1.82, 2.24) is 4.98 Å². The molecule has 2 N–H and O–H groups in total. The van der Waals surface area contributed by atoms with Gasteiger partial charge in [0.2, 0.25) is 0 Å². The molecule has 3 nitrogen and oxygen atoms in total. The van der Waals surface area contributed by atoms with E-state index in [-0.39, 0.29) is 12.4 Å². The Morgan fingerprint density at radius 3 is 2.76 bits per heavy atom. The molecule has 3 rings (SSSR count). The second kappa shape index (κ2) is 5.40. The zero-order valence-corrected chi connectivity index (χ0v) is 11.6. The maximum absolute atomic E-state index is 13.6. The van der Waals surface area contributed by atoms with Gasteiger partial charge in [0.25, 0.3) is 0 Å². The number of aromatic nitrogens is 1. The van der Waals surface area contributed by atoms with Crippen molar-refractivity contribution in [2.75, 3.05) is 5.73 Å². The van der Waals surface area contributed by atoms with Gasteiger partial charge in [-0.2, -0.15) is 0 Å². The Labute approximate surface area is 122 Å². The largest absolute Gasteiger partial charge is 0.488 e. The van der Waals surface area contributed by atoms with Crippen molar-refractivity contribution in [2.24, 2.45) is 0 Å². The zero-order chi connectivity index (χ0) is 14.8. The van der Waals surface area contributed by atoms with Gasteiger partial charge in [0.15, 0.2) is 0 Å². The van der Waals surface area contributed by atoms with Gasteiger partial charge in [0.05, 0.1) is 5.52 Å². The van der Waals surface area contributed by atoms with Gasteiger partial charge < -0.3 is 10.5 Å². The predicted octanol–water partition coefficient (Wildman–Crippen LogP) is 3.84. The summed E-state index contributed by atoms with van der Waals surface area (Å²) in [4.78, 5) is 4.44. The Hall–Kier alpha value is -2.62. The summed E-state index contributed by atoms with van der Waals surface area (Å²) in [5, 5.41) is 0.830. The minimum atomic E-state index is -0.271. The van der Waals surface area contributed by atoms with Crippen molar-refractivity contribution < 1.29 is 9.13 Å². The molecule has 2 aromatic carbocycles. The number of nitrogen functional groups attached to an aromatic ring is 1. The van der Waals surface area contributed by atoms with E-state index in [4.69, 9.17) is 10.5 Å². The average molecular weight is 282 g/mol. The van der Waals surface area contributed by atoms with Gasteiger partial charge >= 0.3 is 0 Å². The van der Waals surface area contributed by atoms with E-state index in [9.17, 15) is 4.39 Å². The molecule has 0 aliphatic carbocycles. The van der Waals surface area contributed by atoms with Gasteiger partial charge in [-0.15, -0.1) is 0 Å². The molecule has 21 heavy (non-hydrogen) atoms. The minimum absolute atomic E-state index is 0.167. The van der Waals surface area contributed by atoms with Gasteiger partial charge in [0, 0.05) is 28.4 Å². The molecule has 1 heterocycles. The first-order chi connectivity index (χ1) is 10.1.